The monoisotopic (exact) mass is 478 g/mol. The van der Waals surface area contributed by atoms with Crippen LogP contribution in [0, 0.1) is 5.82 Å². The molecule has 3 aromatic carbocycles. The normalized spacial score (nSPS) is 11.1. The summed E-state index contributed by atoms with van der Waals surface area (Å²) < 4.78 is 52.5. The van der Waals surface area contributed by atoms with Crippen LogP contribution in [0.5, 0.6) is 11.5 Å². The molecule has 0 saturated carbocycles. The van der Waals surface area contributed by atoms with Gasteiger partial charge >= 0.3 is 0 Å². The maximum atomic E-state index is 14.4. The number of hydrogen-bond donors (Lipinski definition) is 2. The van der Waals surface area contributed by atoms with E-state index in [1.807, 2.05) is 0 Å². The first-order chi connectivity index (χ1) is 15.2. The zero-order chi connectivity index (χ0) is 23.3. The third-order valence-electron chi connectivity index (χ3n) is 4.56. The lowest BCUT2D eigenvalue weighted by Gasteiger charge is -2.13. The van der Waals surface area contributed by atoms with Crippen molar-refractivity contribution in [2.24, 2.45) is 0 Å². The van der Waals surface area contributed by atoms with Crippen molar-refractivity contribution in [3.8, 4) is 11.5 Å². The van der Waals surface area contributed by atoms with Gasteiger partial charge in [-0.05, 0) is 42.0 Å². The summed E-state index contributed by atoms with van der Waals surface area (Å²) in [5.41, 5.74) is 0.361. The highest BCUT2D eigenvalue weighted by Gasteiger charge is 2.21. The highest BCUT2D eigenvalue weighted by atomic mass is 35.5. The Labute approximate surface area is 190 Å². The van der Waals surface area contributed by atoms with Crippen LogP contribution in [-0.2, 0) is 16.6 Å². The van der Waals surface area contributed by atoms with Gasteiger partial charge in [0.25, 0.3) is 5.91 Å². The van der Waals surface area contributed by atoms with E-state index in [1.165, 1.54) is 20.3 Å². The van der Waals surface area contributed by atoms with Crippen LogP contribution in [0.25, 0.3) is 0 Å². The van der Waals surface area contributed by atoms with E-state index in [4.69, 9.17) is 21.1 Å². The van der Waals surface area contributed by atoms with Crippen LogP contribution in [-0.4, -0.2) is 28.5 Å². The summed E-state index contributed by atoms with van der Waals surface area (Å²) in [6.45, 7) is -0.0675. The molecule has 0 aliphatic carbocycles. The minimum atomic E-state index is -4.04. The highest BCUT2D eigenvalue weighted by Crippen LogP contribution is 2.29. The van der Waals surface area contributed by atoms with Gasteiger partial charge in [-0.25, -0.2) is 17.5 Å². The van der Waals surface area contributed by atoms with Crippen LogP contribution < -0.4 is 19.5 Å². The zero-order valence-corrected chi connectivity index (χ0v) is 18.8. The molecule has 0 aliphatic rings. The summed E-state index contributed by atoms with van der Waals surface area (Å²) in [4.78, 5) is 12.5. The number of benzene rings is 3. The second kappa shape index (κ2) is 9.99. The molecule has 0 heterocycles. The van der Waals surface area contributed by atoms with Crippen molar-refractivity contribution in [1.82, 2.24) is 4.72 Å². The van der Waals surface area contributed by atoms with E-state index in [2.05, 4.69) is 10.0 Å². The maximum Gasteiger partial charge on any atom is 0.258 e. The van der Waals surface area contributed by atoms with Crippen molar-refractivity contribution in [3.63, 3.8) is 0 Å². The number of ether oxygens (including phenoxy) is 2. The van der Waals surface area contributed by atoms with Gasteiger partial charge in [0.05, 0.1) is 30.4 Å². The maximum absolute atomic E-state index is 14.4. The summed E-state index contributed by atoms with van der Waals surface area (Å²) in [6, 6.07) is 14.4. The zero-order valence-electron chi connectivity index (χ0n) is 17.2. The van der Waals surface area contributed by atoms with E-state index in [-0.39, 0.29) is 17.1 Å². The minimum Gasteiger partial charge on any atom is -0.497 e. The molecule has 0 saturated heterocycles. The molecule has 168 valence electrons. The quantitative estimate of drug-likeness (QED) is 0.505. The molecule has 2 N–H and O–H groups in total. The predicted molar refractivity (Wildman–Crippen MR) is 119 cm³/mol. The standard InChI is InChI=1S/C22H20ClFN2O5S/c1-30-15-7-10-21(31-2)20(11-15)26-22(27)17-12-16(8-9-19(17)24)32(28,29)25-13-14-5-3-4-6-18(14)23/h3-12,25H,13H2,1-2H3,(H,26,27). The Balaban J connectivity index is 1.85. The first-order valence-corrected chi connectivity index (χ1v) is 11.2. The molecule has 3 rings (SSSR count). The van der Waals surface area contributed by atoms with Gasteiger partial charge < -0.3 is 14.8 Å². The van der Waals surface area contributed by atoms with Gasteiger partial charge in [0.1, 0.15) is 17.3 Å². The number of halogens is 2. The topological polar surface area (TPSA) is 93.7 Å². The highest BCUT2D eigenvalue weighted by molar-refractivity contribution is 7.89. The van der Waals surface area contributed by atoms with Gasteiger partial charge in [-0.2, -0.15) is 0 Å². The van der Waals surface area contributed by atoms with Gasteiger partial charge in [0, 0.05) is 17.6 Å². The summed E-state index contributed by atoms with van der Waals surface area (Å²) in [5.74, 6) is -0.960. The molecule has 0 spiro atoms. The van der Waals surface area contributed by atoms with E-state index in [1.54, 1.807) is 36.4 Å². The van der Waals surface area contributed by atoms with Gasteiger partial charge in [-0.1, -0.05) is 29.8 Å². The number of anilines is 1. The van der Waals surface area contributed by atoms with Gasteiger partial charge in [-0.15, -0.1) is 0 Å². The van der Waals surface area contributed by atoms with E-state index < -0.39 is 27.3 Å². The largest absolute Gasteiger partial charge is 0.497 e. The first kappa shape index (κ1) is 23.5. The molecule has 0 aliphatic heterocycles. The van der Waals surface area contributed by atoms with Crippen LogP contribution in [0.3, 0.4) is 0 Å². The Hall–Kier alpha value is -3.14. The molecule has 7 nitrogen and oxygen atoms in total. The number of carbonyl (C=O) groups excluding carboxylic acids is 1. The van der Waals surface area contributed by atoms with Crippen molar-refractivity contribution in [2.45, 2.75) is 11.4 Å². The number of nitrogens with one attached hydrogen (secondary N) is 2. The second-order valence-electron chi connectivity index (χ2n) is 6.58. The van der Waals surface area contributed by atoms with Crippen LogP contribution in [0.2, 0.25) is 5.02 Å². The summed E-state index contributed by atoms with van der Waals surface area (Å²) in [5, 5.41) is 2.92. The van der Waals surface area contributed by atoms with Crippen LogP contribution in [0.15, 0.2) is 65.6 Å². The van der Waals surface area contributed by atoms with Crippen molar-refractivity contribution in [3.05, 3.63) is 82.6 Å². The third kappa shape index (κ3) is 5.37. The smallest absolute Gasteiger partial charge is 0.258 e. The van der Waals surface area contributed by atoms with Crippen molar-refractivity contribution < 1.29 is 27.1 Å². The molecule has 32 heavy (non-hydrogen) atoms. The molecule has 0 unspecified atom stereocenters. The lowest BCUT2D eigenvalue weighted by Crippen LogP contribution is -2.24. The Morgan fingerprint density at radius 1 is 1.03 bits per heavy atom. The summed E-state index contributed by atoms with van der Waals surface area (Å²) in [6.07, 6.45) is 0. The Kier molecular flexibility index (Phi) is 7.34. The summed E-state index contributed by atoms with van der Waals surface area (Å²) >= 11 is 6.05. The molecular formula is C22H20ClFN2O5S. The Morgan fingerprint density at radius 3 is 2.47 bits per heavy atom. The molecule has 0 radical (unpaired) electrons. The number of hydrogen-bond acceptors (Lipinski definition) is 5. The lowest BCUT2D eigenvalue weighted by atomic mass is 10.2. The fourth-order valence-corrected chi connectivity index (χ4v) is 4.08. The van der Waals surface area contributed by atoms with E-state index >= 15 is 0 Å². The number of amides is 1. The Morgan fingerprint density at radius 2 is 1.78 bits per heavy atom. The molecule has 0 bridgehead atoms. The number of methoxy groups -OCH3 is 2. The fraction of sp³-hybridized carbons (Fsp3) is 0.136. The molecule has 0 fully saturated rings. The van der Waals surface area contributed by atoms with Gasteiger partial charge in [0.15, 0.2) is 0 Å². The van der Waals surface area contributed by atoms with E-state index in [0.29, 0.717) is 22.1 Å². The number of sulfonamides is 1. The predicted octanol–water partition coefficient (Wildman–Crippen LogP) is 4.23. The lowest BCUT2D eigenvalue weighted by molar-refractivity contribution is 0.102. The average molecular weight is 479 g/mol. The van der Waals surface area contributed by atoms with E-state index in [0.717, 1.165) is 18.2 Å². The average Bonchev–Trinajstić information content (AvgIpc) is 2.78. The van der Waals surface area contributed by atoms with Crippen LogP contribution in [0.4, 0.5) is 10.1 Å². The van der Waals surface area contributed by atoms with E-state index in [9.17, 15) is 17.6 Å². The molecule has 0 atom stereocenters. The molecular weight excluding hydrogens is 459 g/mol. The SMILES string of the molecule is COc1ccc(OC)c(NC(=O)c2cc(S(=O)(=O)NCc3ccccc3Cl)ccc2F)c1. The molecule has 1 amide bonds. The van der Waals surface area contributed by atoms with Crippen molar-refractivity contribution >= 4 is 33.2 Å². The van der Waals surface area contributed by atoms with Crippen LogP contribution >= 0.6 is 11.6 Å². The van der Waals surface area contributed by atoms with Crippen molar-refractivity contribution in [2.75, 3.05) is 19.5 Å². The first-order valence-electron chi connectivity index (χ1n) is 9.31. The second-order valence-corrected chi connectivity index (χ2v) is 8.75. The molecule has 3 aromatic rings. The van der Waals surface area contributed by atoms with Gasteiger partial charge in [-0.3, -0.25) is 4.79 Å². The summed E-state index contributed by atoms with van der Waals surface area (Å²) in [7, 11) is -1.18. The van der Waals surface area contributed by atoms with Crippen molar-refractivity contribution in [1.29, 1.82) is 0 Å². The fourth-order valence-electron chi connectivity index (χ4n) is 2.84. The van der Waals surface area contributed by atoms with Crippen LogP contribution in [0.1, 0.15) is 15.9 Å². The number of carbonyl (C=O) groups is 1. The molecule has 0 aromatic heterocycles. The number of rotatable bonds is 8. The third-order valence-corrected chi connectivity index (χ3v) is 6.33. The minimum absolute atomic E-state index is 0.0675. The van der Waals surface area contributed by atoms with Gasteiger partial charge in [0.2, 0.25) is 10.0 Å². The molecule has 10 heteroatoms. The Bertz CT molecular complexity index is 1250.